The zero-order valence-electron chi connectivity index (χ0n) is 10.1. The fourth-order valence-corrected chi connectivity index (χ4v) is 1.97. The quantitative estimate of drug-likeness (QED) is 0.924. The van der Waals surface area contributed by atoms with E-state index in [1.807, 2.05) is 0 Å². The number of carboxylic acid groups (broad SMARTS) is 1. The molecule has 0 spiro atoms. The molecule has 2 rings (SSSR count). The molecule has 8 heteroatoms. The Morgan fingerprint density at radius 2 is 2.10 bits per heavy atom. The summed E-state index contributed by atoms with van der Waals surface area (Å²) in [6.07, 6.45) is -4.99. The van der Waals surface area contributed by atoms with Gasteiger partial charge in [-0.25, -0.2) is 0 Å². The van der Waals surface area contributed by atoms with Crippen LogP contribution < -0.4 is 9.64 Å². The van der Waals surface area contributed by atoms with Crippen LogP contribution in [0.4, 0.5) is 18.9 Å². The number of ether oxygens (including phenoxy) is 1. The van der Waals surface area contributed by atoms with Gasteiger partial charge < -0.3 is 14.7 Å². The summed E-state index contributed by atoms with van der Waals surface area (Å²) in [4.78, 5) is 23.7. The summed E-state index contributed by atoms with van der Waals surface area (Å²) in [6, 6.07) is 4.88. The van der Waals surface area contributed by atoms with Gasteiger partial charge in [0.2, 0.25) is 5.91 Å². The van der Waals surface area contributed by atoms with Crippen molar-refractivity contribution in [2.24, 2.45) is 5.92 Å². The normalized spacial score (nSPS) is 19.2. The van der Waals surface area contributed by atoms with E-state index in [2.05, 4.69) is 4.74 Å². The molecule has 20 heavy (non-hydrogen) atoms. The molecule has 1 N–H and O–H groups in total. The van der Waals surface area contributed by atoms with Crippen LogP contribution in [0, 0.1) is 5.92 Å². The summed E-state index contributed by atoms with van der Waals surface area (Å²) in [5.74, 6) is -2.86. The average Bonchev–Trinajstić information content (AvgIpc) is 2.69. The second-order valence-corrected chi connectivity index (χ2v) is 4.29. The van der Waals surface area contributed by atoms with Crippen molar-refractivity contribution in [3.8, 4) is 5.75 Å². The van der Waals surface area contributed by atoms with Crippen LogP contribution >= 0.6 is 0 Å². The van der Waals surface area contributed by atoms with Crippen LogP contribution in [0.2, 0.25) is 0 Å². The number of halogens is 3. The fourth-order valence-electron chi connectivity index (χ4n) is 1.97. The van der Waals surface area contributed by atoms with Crippen molar-refractivity contribution in [2.45, 2.75) is 12.8 Å². The molecule has 1 atom stereocenters. The monoisotopic (exact) mass is 289 g/mol. The molecular formula is C12H10F3NO4. The zero-order valence-corrected chi connectivity index (χ0v) is 10.1. The third-order valence-electron chi connectivity index (χ3n) is 2.84. The van der Waals surface area contributed by atoms with Crippen LogP contribution in [0.5, 0.6) is 5.75 Å². The van der Waals surface area contributed by atoms with Crippen molar-refractivity contribution in [3.63, 3.8) is 0 Å². The van der Waals surface area contributed by atoms with Crippen molar-refractivity contribution < 1.29 is 32.6 Å². The number of rotatable bonds is 3. The van der Waals surface area contributed by atoms with E-state index in [-0.39, 0.29) is 18.7 Å². The molecule has 5 nitrogen and oxygen atoms in total. The highest BCUT2D eigenvalue weighted by Crippen LogP contribution is 2.30. The maximum atomic E-state index is 12.1. The lowest BCUT2D eigenvalue weighted by Gasteiger charge is -2.17. The second-order valence-electron chi connectivity index (χ2n) is 4.29. The molecule has 1 fully saturated rings. The second kappa shape index (κ2) is 5.03. The van der Waals surface area contributed by atoms with Crippen molar-refractivity contribution in [3.05, 3.63) is 24.3 Å². The molecule has 1 aromatic carbocycles. The predicted molar refractivity (Wildman–Crippen MR) is 61.2 cm³/mol. The van der Waals surface area contributed by atoms with Gasteiger partial charge in [-0.1, -0.05) is 6.07 Å². The largest absolute Gasteiger partial charge is 0.573 e. The third-order valence-corrected chi connectivity index (χ3v) is 2.84. The number of aliphatic carboxylic acids is 1. The van der Waals surface area contributed by atoms with Crippen LogP contribution in [0.3, 0.4) is 0 Å². The Kier molecular flexibility index (Phi) is 3.56. The Morgan fingerprint density at radius 1 is 1.40 bits per heavy atom. The molecule has 0 saturated carbocycles. The predicted octanol–water partition coefficient (Wildman–Crippen LogP) is 2.02. The SMILES string of the molecule is O=C(O)C1CC(=O)N(c2cccc(OC(F)(F)F)c2)C1. The summed E-state index contributed by atoms with van der Waals surface area (Å²) < 4.78 is 40.1. The van der Waals surface area contributed by atoms with Gasteiger partial charge in [-0.05, 0) is 12.1 Å². The van der Waals surface area contributed by atoms with Crippen LogP contribution in [0.15, 0.2) is 24.3 Å². The number of benzene rings is 1. The molecule has 1 unspecified atom stereocenters. The van der Waals surface area contributed by atoms with E-state index in [1.165, 1.54) is 12.1 Å². The van der Waals surface area contributed by atoms with E-state index in [0.717, 1.165) is 17.0 Å². The lowest BCUT2D eigenvalue weighted by Crippen LogP contribution is -2.26. The molecule has 1 aromatic rings. The minimum atomic E-state index is -4.82. The summed E-state index contributed by atoms with van der Waals surface area (Å²) >= 11 is 0. The maximum absolute atomic E-state index is 12.1. The molecule has 1 aliphatic rings. The highest BCUT2D eigenvalue weighted by atomic mass is 19.4. The maximum Gasteiger partial charge on any atom is 0.573 e. The standard InChI is InChI=1S/C12H10F3NO4/c13-12(14,15)20-9-3-1-2-8(5-9)16-6-7(11(18)19)4-10(16)17/h1-3,5,7H,4,6H2,(H,18,19). The summed E-state index contributed by atoms with van der Waals surface area (Å²) in [7, 11) is 0. The number of carbonyl (C=O) groups is 2. The zero-order chi connectivity index (χ0) is 14.9. The van der Waals surface area contributed by atoms with Gasteiger partial charge in [0.15, 0.2) is 0 Å². The Labute approximate surface area is 111 Å². The van der Waals surface area contributed by atoms with Gasteiger partial charge in [0.25, 0.3) is 0 Å². The molecule has 1 aliphatic heterocycles. The molecule has 1 saturated heterocycles. The lowest BCUT2D eigenvalue weighted by atomic mass is 10.1. The molecule has 1 heterocycles. The van der Waals surface area contributed by atoms with Gasteiger partial charge in [0.05, 0.1) is 5.92 Å². The number of hydrogen-bond donors (Lipinski definition) is 1. The highest BCUT2D eigenvalue weighted by Gasteiger charge is 2.36. The van der Waals surface area contributed by atoms with Crippen LogP contribution in [-0.2, 0) is 9.59 Å². The summed E-state index contributed by atoms with van der Waals surface area (Å²) in [6.45, 7) is -0.0658. The van der Waals surface area contributed by atoms with Crippen molar-refractivity contribution in [1.29, 1.82) is 0 Å². The number of nitrogens with zero attached hydrogens (tertiary/aromatic N) is 1. The molecule has 0 aliphatic carbocycles. The van der Waals surface area contributed by atoms with E-state index in [4.69, 9.17) is 5.11 Å². The number of amides is 1. The van der Waals surface area contributed by atoms with Gasteiger partial charge in [-0.15, -0.1) is 13.2 Å². The van der Waals surface area contributed by atoms with E-state index >= 15 is 0 Å². The Balaban J connectivity index is 2.19. The van der Waals surface area contributed by atoms with Crippen molar-refractivity contribution >= 4 is 17.6 Å². The topological polar surface area (TPSA) is 66.8 Å². The first-order valence-electron chi connectivity index (χ1n) is 5.65. The highest BCUT2D eigenvalue weighted by molar-refractivity contribution is 5.99. The van der Waals surface area contributed by atoms with Crippen LogP contribution in [0.25, 0.3) is 0 Å². The van der Waals surface area contributed by atoms with Crippen molar-refractivity contribution in [2.75, 3.05) is 11.4 Å². The van der Waals surface area contributed by atoms with E-state index < -0.39 is 29.9 Å². The molecule has 0 aromatic heterocycles. The van der Waals surface area contributed by atoms with Gasteiger partial charge in [-0.2, -0.15) is 0 Å². The summed E-state index contributed by atoms with van der Waals surface area (Å²) in [5, 5.41) is 8.85. The first-order chi connectivity index (χ1) is 9.26. The molecule has 108 valence electrons. The van der Waals surface area contributed by atoms with Gasteiger partial charge >= 0.3 is 12.3 Å². The van der Waals surface area contributed by atoms with E-state index in [9.17, 15) is 22.8 Å². The Hall–Kier alpha value is -2.25. The number of alkyl halides is 3. The lowest BCUT2D eigenvalue weighted by molar-refractivity contribution is -0.274. The molecule has 0 radical (unpaired) electrons. The Bertz CT molecular complexity index is 544. The van der Waals surface area contributed by atoms with E-state index in [1.54, 1.807) is 0 Å². The fraction of sp³-hybridized carbons (Fsp3) is 0.333. The average molecular weight is 289 g/mol. The smallest absolute Gasteiger partial charge is 0.481 e. The van der Waals surface area contributed by atoms with Gasteiger partial charge in [0, 0.05) is 24.7 Å². The van der Waals surface area contributed by atoms with Gasteiger partial charge in [-0.3, -0.25) is 9.59 Å². The Morgan fingerprint density at radius 3 is 2.65 bits per heavy atom. The molecule has 0 bridgehead atoms. The minimum Gasteiger partial charge on any atom is -0.481 e. The van der Waals surface area contributed by atoms with Crippen LogP contribution in [0.1, 0.15) is 6.42 Å². The molecule has 1 amide bonds. The summed E-state index contributed by atoms with van der Waals surface area (Å²) in [5.41, 5.74) is 0.181. The van der Waals surface area contributed by atoms with Crippen LogP contribution in [-0.4, -0.2) is 29.9 Å². The minimum absolute atomic E-state index is 0.0658. The first kappa shape index (κ1) is 14.2. The van der Waals surface area contributed by atoms with Crippen molar-refractivity contribution in [1.82, 2.24) is 0 Å². The number of carboxylic acids is 1. The number of anilines is 1. The number of carbonyl (C=O) groups excluding carboxylic acids is 1. The first-order valence-corrected chi connectivity index (χ1v) is 5.65. The molecular weight excluding hydrogens is 279 g/mol. The third kappa shape index (κ3) is 3.19. The number of hydrogen-bond acceptors (Lipinski definition) is 3. The van der Waals surface area contributed by atoms with E-state index in [0.29, 0.717) is 0 Å². The van der Waals surface area contributed by atoms with Gasteiger partial charge in [0.1, 0.15) is 5.75 Å².